The van der Waals surface area contributed by atoms with E-state index in [2.05, 4.69) is 18.7 Å². The fraction of sp³-hybridized carbons (Fsp3) is 0.0526. The van der Waals surface area contributed by atoms with Gasteiger partial charge in [0.25, 0.3) is 0 Å². The Kier molecular flexibility index (Phi) is 3.44. The van der Waals surface area contributed by atoms with Crippen LogP contribution in [0, 0.1) is 5.82 Å². The number of rotatable bonds is 3. The van der Waals surface area contributed by atoms with Crippen molar-refractivity contribution in [1.82, 2.24) is 0 Å². The molecule has 0 atom stereocenters. The maximum atomic E-state index is 13.1. The predicted molar refractivity (Wildman–Crippen MR) is 85.4 cm³/mol. The van der Waals surface area contributed by atoms with Crippen LogP contribution in [-0.2, 0) is 4.74 Å². The summed E-state index contributed by atoms with van der Waals surface area (Å²) in [6, 6.07) is 18.7. The van der Waals surface area contributed by atoms with E-state index in [4.69, 9.17) is 4.74 Å². The Labute approximate surface area is 123 Å². The van der Waals surface area contributed by atoms with Crippen LogP contribution in [0.4, 0.5) is 4.39 Å². The van der Waals surface area contributed by atoms with Crippen LogP contribution in [0.25, 0.3) is 27.7 Å². The number of benzene rings is 3. The van der Waals surface area contributed by atoms with E-state index >= 15 is 0 Å². The molecule has 0 aliphatic carbocycles. The van der Waals surface area contributed by atoms with Crippen molar-refractivity contribution in [2.45, 2.75) is 0 Å². The first-order chi connectivity index (χ1) is 10.2. The van der Waals surface area contributed by atoms with E-state index < -0.39 is 0 Å². The number of methoxy groups -OCH3 is 1. The number of fused-ring (bicyclic) bond motifs is 1. The number of hydrogen-bond donors (Lipinski definition) is 0. The third-order valence-electron chi connectivity index (χ3n) is 3.61. The molecule has 0 aliphatic rings. The predicted octanol–water partition coefficient (Wildman–Crippen LogP) is 5.26. The molecule has 0 bridgehead atoms. The second-order valence-corrected chi connectivity index (χ2v) is 4.88. The van der Waals surface area contributed by atoms with Gasteiger partial charge in [-0.15, -0.1) is 0 Å². The molecule has 0 radical (unpaired) electrons. The Morgan fingerprint density at radius 2 is 1.76 bits per heavy atom. The van der Waals surface area contributed by atoms with Gasteiger partial charge in [-0.25, -0.2) is 4.39 Å². The first kappa shape index (κ1) is 13.4. The first-order valence-electron chi connectivity index (χ1n) is 6.71. The highest BCUT2D eigenvalue weighted by Crippen LogP contribution is 2.30. The summed E-state index contributed by atoms with van der Waals surface area (Å²) in [6.07, 6.45) is 0. The Balaban J connectivity index is 2.22. The molecular formula is C19H15FO. The second kappa shape index (κ2) is 5.41. The van der Waals surface area contributed by atoms with Crippen LogP contribution < -0.4 is 0 Å². The van der Waals surface area contributed by atoms with Gasteiger partial charge < -0.3 is 4.74 Å². The van der Waals surface area contributed by atoms with Crippen LogP contribution in [0.2, 0.25) is 0 Å². The summed E-state index contributed by atoms with van der Waals surface area (Å²) in [7, 11) is 1.61. The maximum absolute atomic E-state index is 13.1. The molecule has 0 fully saturated rings. The van der Waals surface area contributed by atoms with E-state index in [-0.39, 0.29) is 5.82 Å². The molecule has 104 valence electrons. The molecule has 0 aromatic heterocycles. The van der Waals surface area contributed by atoms with E-state index in [9.17, 15) is 4.39 Å². The number of halogens is 1. The van der Waals surface area contributed by atoms with Crippen molar-refractivity contribution in [2.75, 3.05) is 7.11 Å². The minimum Gasteiger partial charge on any atom is -0.497 e. The Morgan fingerprint density at radius 3 is 2.48 bits per heavy atom. The molecule has 2 heteroatoms. The largest absolute Gasteiger partial charge is 0.497 e. The summed E-state index contributed by atoms with van der Waals surface area (Å²) in [4.78, 5) is 0. The van der Waals surface area contributed by atoms with Gasteiger partial charge in [0, 0.05) is 5.56 Å². The van der Waals surface area contributed by atoms with Crippen molar-refractivity contribution in [3.05, 3.63) is 78.6 Å². The molecular weight excluding hydrogens is 263 g/mol. The topological polar surface area (TPSA) is 9.23 Å². The van der Waals surface area contributed by atoms with Gasteiger partial charge in [-0.1, -0.05) is 49.0 Å². The highest BCUT2D eigenvalue weighted by Gasteiger charge is 2.06. The molecule has 0 spiro atoms. The summed E-state index contributed by atoms with van der Waals surface area (Å²) in [6.45, 7) is 3.89. The summed E-state index contributed by atoms with van der Waals surface area (Å²) >= 11 is 0. The zero-order valence-corrected chi connectivity index (χ0v) is 11.8. The molecule has 0 unspecified atom stereocenters. The van der Waals surface area contributed by atoms with Gasteiger partial charge >= 0.3 is 0 Å². The number of ether oxygens (including phenoxy) is 1. The lowest BCUT2D eigenvalue weighted by Gasteiger charge is -2.10. The molecule has 3 rings (SSSR count). The standard InChI is InChI=1S/C19H15FO/c1-13(21-2)16-7-6-14-4-3-5-18(19(14)12-16)15-8-10-17(20)11-9-15/h3-12H,1H2,2H3. The monoisotopic (exact) mass is 278 g/mol. The fourth-order valence-corrected chi connectivity index (χ4v) is 2.45. The van der Waals surface area contributed by atoms with Gasteiger partial charge in [0.05, 0.1) is 7.11 Å². The quantitative estimate of drug-likeness (QED) is 0.593. The minimum atomic E-state index is -0.229. The normalized spacial score (nSPS) is 10.6. The summed E-state index contributed by atoms with van der Waals surface area (Å²) in [5.74, 6) is 0.401. The van der Waals surface area contributed by atoms with Gasteiger partial charge in [-0.05, 0) is 40.1 Å². The zero-order chi connectivity index (χ0) is 14.8. The van der Waals surface area contributed by atoms with Gasteiger partial charge in [0.1, 0.15) is 11.6 Å². The van der Waals surface area contributed by atoms with Crippen molar-refractivity contribution >= 4 is 16.5 Å². The fourth-order valence-electron chi connectivity index (χ4n) is 2.45. The van der Waals surface area contributed by atoms with E-state index in [0.717, 1.165) is 27.5 Å². The third-order valence-corrected chi connectivity index (χ3v) is 3.61. The highest BCUT2D eigenvalue weighted by molar-refractivity contribution is 5.98. The van der Waals surface area contributed by atoms with Crippen LogP contribution in [-0.4, -0.2) is 7.11 Å². The average Bonchev–Trinajstić information content (AvgIpc) is 2.54. The Morgan fingerprint density at radius 1 is 1.00 bits per heavy atom. The van der Waals surface area contributed by atoms with E-state index in [0.29, 0.717) is 5.76 Å². The molecule has 1 nitrogen and oxygen atoms in total. The van der Waals surface area contributed by atoms with Crippen LogP contribution >= 0.6 is 0 Å². The van der Waals surface area contributed by atoms with E-state index in [1.54, 1.807) is 19.2 Å². The van der Waals surface area contributed by atoms with Crippen LogP contribution in [0.3, 0.4) is 0 Å². The molecule has 0 N–H and O–H groups in total. The van der Waals surface area contributed by atoms with E-state index in [1.165, 1.54) is 12.1 Å². The molecule has 0 saturated carbocycles. The van der Waals surface area contributed by atoms with Crippen LogP contribution in [0.1, 0.15) is 5.56 Å². The van der Waals surface area contributed by atoms with Gasteiger partial charge in [-0.2, -0.15) is 0 Å². The summed E-state index contributed by atoms with van der Waals surface area (Å²) in [5.41, 5.74) is 3.00. The van der Waals surface area contributed by atoms with Crippen LogP contribution in [0.5, 0.6) is 0 Å². The lowest BCUT2D eigenvalue weighted by atomic mass is 9.96. The third kappa shape index (κ3) is 2.52. The lowest BCUT2D eigenvalue weighted by Crippen LogP contribution is -1.87. The first-order valence-corrected chi connectivity index (χ1v) is 6.71. The maximum Gasteiger partial charge on any atom is 0.123 e. The SMILES string of the molecule is C=C(OC)c1ccc2cccc(-c3ccc(F)cc3)c2c1. The van der Waals surface area contributed by atoms with E-state index in [1.807, 2.05) is 24.3 Å². The Bertz CT molecular complexity index is 803. The molecule has 21 heavy (non-hydrogen) atoms. The van der Waals surface area contributed by atoms with Crippen molar-refractivity contribution in [3.63, 3.8) is 0 Å². The highest BCUT2D eigenvalue weighted by atomic mass is 19.1. The van der Waals surface area contributed by atoms with Crippen molar-refractivity contribution < 1.29 is 9.13 Å². The molecule has 0 saturated heterocycles. The Hall–Kier alpha value is -2.61. The van der Waals surface area contributed by atoms with Crippen molar-refractivity contribution in [3.8, 4) is 11.1 Å². The van der Waals surface area contributed by atoms with Gasteiger partial charge in [0.2, 0.25) is 0 Å². The lowest BCUT2D eigenvalue weighted by molar-refractivity contribution is 0.371. The van der Waals surface area contributed by atoms with Gasteiger partial charge in [0.15, 0.2) is 0 Å². The minimum absolute atomic E-state index is 0.229. The molecule has 3 aromatic carbocycles. The van der Waals surface area contributed by atoms with Crippen molar-refractivity contribution in [1.29, 1.82) is 0 Å². The van der Waals surface area contributed by atoms with Crippen molar-refractivity contribution in [2.24, 2.45) is 0 Å². The average molecular weight is 278 g/mol. The molecule has 0 aliphatic heterocycles. The summed E-state index contributed by atoms with van der Waals surface area (Å²) < 4.78 is 18.3. The summed E-state index contributed by atoms with van der Waals surface area (Å²) in [5, 5.41) is 2.23. The zero-order valence-electron chi connectivity index (χ0n) is 11.8. The molecule has 0 heterocycles. The molecule has 0 amide bonds. The smallest absolute Gasteiger partial charge is 0.123 e. The number of hydrogen-bond acceptors (Lipinski definition) is 1. The second-order valence-electron chi connectivity index (χ2n) is 4.88. The van der Waals surface area contributed by atoms with Crippen LogP contribution in [0.15, 0.2) is 67.2 Å². The van der Waals surface area contributed by atoms with Gasteiger partial charge in [-0.3, -0.25) is 0 Å². The molecule has 3 aromatic rings.